The fourth-order valence-corrected chi connectivity index (χ4v) is 2.22. The highest BCUT2D eigenvalue weighted by Gasteiger charge is 2.13. The first kappa shape index (κ1) is 16.2. The minimum absolute atomic E-state index is 0.0288. The lowest BCUT2D eigenvalue weighted by Crippen LogP contribution is -3.12. The molecule has 6 heteroatoms. The lowest BCUT2D eigenvalue weighted by molar-refractivity contribution is -0.893. The third-order valence-electron chi connectivity index (χ3n) is 3.68. The van der Waals surface area contributed by atoms with E-state index in [1.54, 1.807) is 36.3 Å². The molecule has 0 aliphatic carbocycles. The Kier molecular flexibility index (Phi) is 6.09. The molecule has 1 aliphatic rings. The van der Waals surface area contributed by atoms with Gasteiger partial charge in [-0.3, -0.25) is 10.2 Å². The number of hydrazine groups is 1. The second kappa shape index (κ2) is 8.29. The normalized spacial score (nSPS) is 17.4. The molecule has 0 saturated heterocycles. The molecule has 0 spiro atoms. The Morgan fingerprint density at radius 2 is 2.00 bits per heavy atom. The van der Waals surface area contributed by atoms with Crippen LogP contribution in [0.1, 0.15) is 13.3 Å². The van der Waals surface area contributed by atoms with E-state index in [1.165, 1.54) is 0 Å². The number of rotatable bonds is 7. The van der Waals surface area contributed by atoms with E-state index in [4.69, 9.17) is 9.47 Å². The predicted octanol–water partition coefficient (Wildman–Crippen LogP) is -0.113. The summed E-state index contributed by atoms with van der Waals surface area (Å²) in [6, 6.07) is 7.12. The number of ether oxygens (including phenoxy) is 2. The quantitative estimate of drug-likeness (QED) is 0.615. The van der Waals surface area contributed by atoms with Crippen LogP contribution in [0.25, 0.3) is 0 Å². The molecule has 0 aromatic heterocycles. The summed E-state index contributed by atoms with van der Waals surface area (Å²) in [5.41, 5.74) is 6.70. The van der Waals surface area contributed by atoms with Crippen molar-refractivity contribution < 1.29 is 19.2 Å². The topological polar surface area (TPSA) is 64.0 Å². The van der Waals surface area contributed by atoms with Gasteiger partial charge in [-0.05, 0) is 37.3 Å². The van der Waals surface area contributed by atoms with Gasteiger partial charge in [-0.2, -0.15) is 0 Å². The van der Waals surface area contributed by atoms with Gasteiger partial charge >= 0.3 is 0 Å². The van der Waals surface area contributed by atoms with E-state index in [9.17, 15) is 4.79 Å². The average molecular weight is 306 g/mol. The predicted molar refractivity (Wildman–Crippen MR) is 83.7 cm³/mol. The van der Waals surface area contributed by atoms with E-state index in [0.29, 0.717) is 5.75 Å². The lowest BCUT2D eigenvalue weighted by atomic mass is 10.2. The third kappa shape index (κ3) is 4.96. The molecular formula is C16H24N3O3+. The van der Waals surface area contributed by atoms with Crippen molar-refractivity contribution in [1.82, 2.24) is 10.9 Å². The molecule has 1 aromatic rings. The van der Waals surface area contributed by atoms with E-state index in [2.05, 4.69) is 23.9 Å². The van der Waals surface area contributed by atoms with Gasteiger partial charge in [0.05, 0.1) is 26.7 Å². The molecule has 120 valence electrons. The molecule has 6 nitrogen and oxygen atoms in total. The van der Waals surface area contributed by atoms with Crippen molar-refractivity contribution in [2.45, 2.75) is 13.3 Å². The molecule has 0 saturated carbocycles. The Hall–Kier alpha value is -2.21. The largest absolute Gasteiger partial charge is 0.497 e. The van der Waals surface area contributed by atoms with E-state index in [-0.39, 0.29) is 12.5 Å². The van der Waals surface area contributed by atoms with Crippen molar-refractivity contribution in [3.8, 4) is 11.5 Å². The van der Waals surface area contributed by atoms with Gasteiger partial charge in [0, 0.05) is 12.1 Å². The molecular weight excluding hydrogens is 282 g/mol. The number of nitrogens with one attached hydrogen (secondary N) is 3. The highest BCUT2D eigenvalue weighted by Crippen LogP contribution is 2.16. The minimum atomic E-state index is -0.206. The number of hydrogen-bond acceptors (Lipinski definition) is 4. The molecule has 1 unspecified atom stereocenters. The molecule has 1 heterocycles. The number of methoxy groups -OCH3 is 1. The summed E-state index contributed by atoms with van der Waals surface area (Å²) in [5, 5.41) is 0. The Morgan fingerprint density at radius 1 is 1.27 bits per heavy atom. The Bertz CT molecular complexity index is 514. The first-order valence-electron chi connectivity index (χ1n) is 7.55. The summed E-state index contributed by atoms with van der Waals surface area (Å²) in [7, 11) is 1.61. The van der Waals surface area contributed by atoms with Gasteiger partial charge in [0.15, 0.2) is 6.61 Å². The van der Waals surface area contributed by atoms with Crippen molar-refractivity contribution in [2.24, 2.45) is 0 Å². The minimum Gasteiger partial charge on any atom is -0.497 e. The molecule has 1 aromatic carbocycles. The van der Waals surface area contributed by atoms with Gasteiger partial charge in [-0.25, -0.2) is 0 Å². The number of benzene rings is 1. The summed E-state index contributed by atoms with van der Waals surface area (Å²) in [6.45, 7) is 5.37. The number of amides is 1. The van der Waals surface area contributed by atoms with Crippen molar-refractivity contribution in [3.05, 3.63) is 36.0 Å². The van der Waals surface area contributed by atoms with Gasteiger partial charge < -0.3 is 19.8 Å². The standard InChI is InChI=1S/C16H23N3O3/c1-3-19-10-8-13(9-11-19)17-18-16(20)12-22-15-6-4-14(21-2)5-7-15/h4-8,17H,3,9-12H2,1-2H3,(H,18,20)/p+1. The molecule has 22 heavy (non-hydrogen) atoms. The smallest absolute Gasteiger partial charge is 0.276 e. The maximum Gasteiger partial charge on any atom is 0.276 e. The fourth-order valence-electron chi connectivity index (χ4n) is 2.22. The zero-order valence-electron chi connectivity index (χ0n) is 13.1. The van der Waals surface area contributed by atoms with Crippen LogP contribution in [0.3, 0.4) is 0 Å². The Morgan fingerprint density at radius 3 is 2.59 bits per heavy atom. The molecule has 0 radical (unpaired) electrons. The van der Waals surface area contributed by atoms with E-state index >= 15 is 0 Å². The zero-order valence-corrected chi connectivity index (χ0v) is 13.1. The van der Waals surface area contributed by atoms with Gasteiger partial charge in [-0.1, -0.05) is 0 Å². The van der Waals surface area contributed by atoms with Gasteiger partial charge in [0.2, 0.25) is 0 Å². The van der Waals surface area contributed by atoms with Gasteiger partial charge in [-0.15, -0.1) is 0 Å². The molecule has 0 fully saturated rings. The number of carbonyl (C=O) groups is 1. The monoisotopic (exact) mass is 306 g/mol. The third-order valence-corrected chi connectivity index (χ3v) is 3.68. The highest BCUT2D eigenvalue weighted by atomic mass is 16.5. The molecule has 2 rings (SSSR count). The van der Waals surface area contributed by atoms with Crippen LogP contribution in [-0.4, -0.2) is 39.3 Å². The summed E-state index contributed by atoms with van der Waals surface area (Å²) < 4.78 is 10.5. The van der Waals surface area contributed by atoms with Crippen molar-refractivity contribution in [2.75, 3.05) is 33.4 Å². The second-order valence-corrected chi connectivity index (χ2v) is 5.17. The van der Waals surface area contributed by atoms with Crippen LogP contribution in [0.5, 0.6) is 11.5 Å². The Labute approximate surface area is 131 Å². The molecule has 1 aliphatic heterocycles. The summed E-state index contributed by atoms with van der Waals surface area (Å²) in [6.07, 6.45) is 3.08. The van der Waals surface area contributed by atoms with Crippen molar-refractivity contribution in [3.63, 3.8) is 0 Å². The number of carbonyl (C=O) groups excluding carboxylic acids is 1. The number of likely N-dealkylation sites (N-methyl/N-ethyl adjacent to an activating group) is 1. The summed E-state index contributed by atoms with van der Waals surface area (Å²) in [4.78, 5) is 13.3. The fraction of sp³-hybridized carbons (Fsp3) is 0.438. The molecule has 1 atom stereocenters. The van der Waals surface area contributed by atoms with Gasteiger partial charge in [0.25, 0.3) is 5.91 Å². The Balaban J connectivity index is 1.68. The maximum atomic E-state index is 11.7. The average Bonchev–Trinajstić information content (AvgIpc) is 2.59. The first-order valence-corrected chi connectivity index (χ1v) is 7.55. The highest BCUT2D eigenvalue weighted by molar-refractivity contribution is 5.77. The summed E-state index contributed by atoms with van der Waals surface area (Å²) >= 11 is 0. The van der Waals surface area contributed by atoms with Crippen LogP contribution in [0, 0.1) is 0 Å². The van der Waals surface area contributed by atoms with Crippen LogP contribution in [0.2, 0.25) is 0 Å². The van der Waals surface area contributed by atoms with Crippen LogP contribution in [0.4, 0.5) is 0 Å². The SMILES string of the molecule is CC[NH+]1CC=C(NNC(=O)COc2ccc(OC)cc2)CC1. The van der Waals surface area contributed by atoms with Gasteiger partial charge in [0.1, 0.15) is 11.5 Å². The van der Waals surface area contributed by atoms with Crippen LogP contribution >= 0.6 is 0 Å². The first-order chi connectivity index (χ1) is 10.7. The van der Waals surface area contributed by atoms with Crippen LogP contribution in [0.15, 0.2) is 36.0 Å². The van der Waals surface area contributed by atoms with Crippen LogP contribution < -0.4 is 25.2 Å². The molecule has 3 N–H and O–H groups in total. The maximum absolute atomic E-state index is 11.7. The molecule has 1 amide bonds. The van der Waals surface area contributed by atoms with E-state index < -0.39 is 0 Å². The second-order valence-electron chi connectivity index (χ2n) is 5.17. The molecule has 0 bridgehead atoms. The van der Waals surface area contributed by atoms with E-state index in [0.717, 1.165) is 37.5 Å². The summed E-state index contributed by atoms with van der Waals surface area (Å²) in [5.74, 6) is 1.18. The number of quaternary nitrogens is 1. The number of hydrogen-bond donors (Lipinski definition) is 3. The lowest BCUT2D eigenvalue weighted by Gasteiger charge is -2.22. The zero-order chi connectivity index (χ0) is 15.8. The van der Waals surface area contributed by atoms with Crippen molar-refractivity contribution >= 4 is 5.91 Å². The van der Waals surface area contributed by atoms with E-state index in [1.807, 2.05) is 0 Å². The van der Waals surface area contributed by atoms with Crippen molar-refractivity contribution in [1.29, 1.82) is 0 Å². The van der Waals surface area contributed by atoms with Crippen LogP contribution in [-0.2, 0) is 4.79 Å².